The molecule has 0 radical (unpaired) electrons. The van der Waals surface area contributed by atoms with Crippen molar-refractivity contribution in [2.75, 3.05) is 6.26 Å². The highest BCUT2D eigenvalue weighted by atomic mass is 32.2. The van der Waals surface area contributed by atoms with Gasteiger partial charge >= 0.3 is 5.97 Å². The summed E-state index contributed by atoms with van der Waals surface area (Å²) in [6.45, 7) is 14.9. The van der Waals surface area contributed by atoms with Gasteiger partial charge in [-0.2, -0.15) is 0 Å². The minimum atomic E-state index is -1.10. The second kappa shape index (κ2) is 12.5. The summed E-state index contributed by atoms with van der Waals surface area (Å²) >= 11 is 1.64. The van der Waals surface area contributed by atoms with E-state index in [0.717, 1.165) is 21.6 Å². The maximum Gasteiger partial charge on any atom is 0.350 e. The maximum absolute atomic E-state index is 12.4. The Labute approximate surface area is 197 Å². The minimum absolute atomic E-state index is 0.0455. The van der Waals surface area contributed by atoms with E-state index in [1.54, 1.807) is 37.8 Å². The van der Waals surface area contributed by atoms with Crippen molar-refractivity contribution < 1.29 is 19.1 Å². The Morgan fingerprint density at radius 3 is 2.00 bits per heavy atom. The first-order chi connectivity index (χ1) is 15.0. The van der Waals surface area contributed by atoms with Gasteiger partial charge in [0.25, 0.3) is 0 Å². The molecule has 0 aliphatic carbocycles. The number of hydrogen-bond donors (Lipinski definition) is 0. The van der Waals surface area contributed by atoms with Gasteiger partial charge in [-0.15, -0.1) is 11.8 Å². The van der Waals surface area contributed by atoms with E-state index in [9.17, 15) is 9.59 Å². The Morgan fingerprint density at radius 1 is 1.00 bits per heavy atom. The summed E-state index contributed by atoms with van der Waals surface area (Å²) in [7, 11) is 0. The highest BCUT2D eigenvalue weighted by Crippen LogP contribution is 2.30. The second-order valence-electron chi connectivity index (χ2n) is 7.98. The summed E-state index contributed by atoms with van der Waals surface area (Å²) in [5.41, 5.74) is 2.22. The Balaban J connectivity index is 0.00000249. The lowest BCUT2D eigenvalue weighted by Gasteiger charge is -2.27. The zero-order valence-corrected chi connectivity index (χ0v) is 21.6. The third kappa shape index (κ3) is 7.86. The van der Waals surface area contributed by atoms with E-state index in [1.165, 1.54) is 0 Å². The summed E-state index contributed by atoms with van der Waals surface area (Å²) in [5, 5.41) is 0. The molecule has 5 heteroatoms. The van der Waals surface area contributed by atoms with Gasteiger partial charge in [0, 0.05) is 10.5 Å². The van der Waals surface area contributed by atoms with Crippen LogP contribution in [-0.2, 0) is 9.53 Å². The zero-order valence-electron chi connectivity index (χ0n) is 20.7. The summed E-state index contributed by atoms with van der Waals surface area (Å²) in [6, 6.07) is 11.4. The number of ketones is 1. The molecule has 0 aliphatic rings. The van der Waals surface area contributed by atoms with Gasteiger partial charge in [-0.3, -0.25) is 4.79 Å². The van der Waals surface area contributed by atoms with E-state index in [2.05, 4.69) is 0 Å². The Morgan fingerprint density at radius 2 is 1.53 bits per heavy atom. The van der Waals surface area contributed by atoms with Crippen molar-refractivity contribution in [2.45, 2.75) is 72.0 Å². The van der Waals surface area contributed by atoms with Crippen LogP contribution in [0.1, 0.15) is 68.6 Å². The van der Waals surface area contributed by atoms with Crippen molar-refractivity contribution >= 4 is 29.6 Å². The highest BCUT2D eigenvalue weighted by molar-refractivity contribution is 7.98. The third-order valence-electron chi connectivity index (χ3n) is 4.48. The van der Waals surface area contributed by atoms with Crippen LogP contribution < -0.4 is 4.74 Å². The predicted octanol–water partition coefficient (Wildman–Crippen LogP) is 7.06. The Bertz CT molecular complexity index is 918. The van der Waals surface area contributed by atoms with Crippen molar-refractivity contribution in [2.24, 2.45) is 0 Å². The molecule has 2 aromatic rings. The Kier molecular flexibility index (Phi) is 10.7. The van der Waals surface area contributed by atoms with Crippen LogP contribution in [0.5, 0.6) is 5.75 Å². The Hall–Kier alpha value is -2.53. The molecular weight excluding hydrogens is 420 g/mol. The van der Waals surface area contributed by atoms with Gasteiger partial charge in [-0.25, -0.2) is 4.79 Å². The largest absolute Gasteiger partial charge is 0.476 e. The molecule has 0 fully saturated rings. The van der Waals surface area contributed by atoms with E-state index in [1.807, 2.05) is 84.2 Å². The number of rotatable bonds is 8. The van der Waals surface area contributed by atoms with Gasteiger partial charge in [0.05, 0.1) is 6.10 Å². The fourth-order valence-corrected chi connectivity index (χ4v) is 3.33. The van der Waals surface area contributed by atoms with Gasteiger partial charge in [-0.05, 0) is 107 Å². The minimum Gasteiger partial charge on any atom is -0.476 e. The molecule has 0 N–H and O–H groups in total. The van der Waals surface area contributed by atoms with Crippen LogP contribution in [0.15, 0.2) is 47.4 Å². The average Bonchev–Trinajstić information content (AvgIpc) is 2.75. The topological polar surface area (TPSA) is 52.6 Å². The van der Waals surface area contributed by atoms with E-state index < -0.39 is 11.6 Å². The standard InChI is InChI=1S/C25H30O4S.C2H6/c1-16(2)28-24(27)25(5,6)29-23-17(3)14-19(15-18(23)4)8-13-22(26)20-9-11-21(30-7)12-10-20;1-2/h8-16H,1-7H3;1-2H3/b13-8+;. The fraction of sp³-hybridized carbons (Fsp3) is 0.407. The van der Waals surface area contributed by atoms with Gasteiger partial charge in [0.15, 0.2) is 11.4 Å². The van der Waals surface area contributed by atoms with Gasteiger partial charge in [0.1, 0.15) is 5.75 Å². The van der Waals surface area contributed by atoms with Crippen molar-refractivity contribution in [3.63, 3.8) is 0 Å². The highest BCUT2D eigenvalue weighted by Gasteiger charge is 2.33. The quantitative estimate of drug-likeness (QED) is 0.184. The molecule has 0 aromatic heterocycles. The number of hydrogen-bond acceptors (Lipinski definition) is 5. The SMILES string of the molecule is CC.CSc1ccc(C(=O)/C=C/c2cc(C)c(OC(C)(C)C(=O)OC(C)C)c(C)c2)cc1. The monoisotopic (exact) mass is 456 g/mol. The molecule has 0 saturated heterocycles. The molecule has 0 amide bonds. The molecule has 0 aliphatic heterocycles. The molecule has 2 rings (SSSR count). The molecule has 0 spiro atoms. The van der Waals surface area contributed by atoms with Crippen LogP contribution >= 0.6 is 11.8 Å². The van der Waals surface area contributed by atoms with Crippen LogP contribution in [0, 0.1) is 13.8 Å². The molecular formula is C27H36O4S. The number of carbonyl (C=O) groups excluding carboxylic acids is 2. The molecule has 0 saturated carbocycles. The fourth-order valence-electron chi connectivity index (χ4n) is 2.92. The first-order valence-corrected chi connectivity index (χ1v) is 12.1. The first-order valence-electron chi connectivity index (χ1n) is 10.9. The average molecular weight is 457 g/mol. The van der Waals surface area contributed by atoms with Crippen molar-refractivity contribution in [1.29, 1.82) is 0 Å². The normalized spacial score (nSPS) is 11.2. The molecule has 32 heavy (non-hydrogen) atoms. The number of ether oxygens (including phenoxy) is 2. The molecule has 174 valence electrons. The lowest BCUT2D eigenvalue weighted by molar-refractivity contribution is -0.163. The summed E-state index contributed by atoms with van der Waals surface area (Å²) < 4.78 is 11.3. The van der Waals surface area contributed by atoms with Crippen molar-refractivity contribution in [1.82, 2.24) is 0 Å². The molecule has 0 heterocycles. The molecule has 2 aromatic carbocycles. The maximum atomic E-state index is 12.4. The van der Waals surface area contributed by atoms with Crippen LogP contribution in [0.4, 0.5) is 0 Å². The molecule has 4 nitrogen and oxygen atoms in total. The molecule has 0 atom stereocenters. The molecule has 0 unspecified atom stereocenters. The van der Waals surface area contributed by atoms with Gasteiger partial charge in [-0.1, -0.05) is 19.9 Å². The summed E-state index contributed by atoms with van der Waals surface area (Å²) in [5.74, 6) is 0.200. The van der Waals surface area contributed by atoms with Crippen LogP contribution in [-0.4, -0.2) is 29.7 Å². The smallest absolute Gasteiger partial charge is 0.350 e. The van der Waals surface area contributed by atoms with Gasteiger partial charge in [0.2, 0.25) is 0 Å². The number of benzene rings is 2. The summed E-state index contributed by atoms with van der Waals surface area (Å²) in [6.07, 6.45) is 5.17. The zero-order chi connectivity index (χ0) is 24.5. The number of carbonyl (C=O) groups is 2. The third-order valence-corrected chi connectivity index (χ3v) is 5.22. The predicted molar refractivity (Wildman–Crippen MR) is 135 cm³/mol. The number of aryl methyl sites for hydroxylation is 2. The molecule has 0 bridgehead atoms. The summed E-state index contributed by atoms with van der Waals surface area (Å²) in [4.78, 5) is 25.9. The van der Waals surface area contributed by atoms with E-state index in [4.69, 9.17) is 9.47 Å². The second-order valence-corrected chi connectivity index (χ2v) is 8.86. The van der Waals surface area contributed by atoms with Crippen LogP contribution in [0.25, 0.3) is 6.08 Å². The number of esters is 1. The lowest BCUT2D eigenvalue weighted by Crippen LogP contribution is -2.41. The number of allylic oxidation sites excluding steroid dienone is 1. The van der Waals surface area contributed by atoms with E-state index in [0.29, 0.717) is 11.3 Å². The number of thioether (sulfide) groups is 1. The van der Waals surface area contributed by atoms with Crippen molar-refractivity contribution in [3.05, 3.63) is 64.7 Å². The van der Waals surface area contributed by atoms with Crippen LogP contribution in [0.2, 0.25) is 0 Å². The van der Waals surface area contributed by atoms with E-state index in [-0.39, 0.29) is 11.9 Å². The van der Waals surface area contributed by atoms with E-state index >= 15 is 0 Å². The first kappa shape index (κ1) is 27.5. The van der Waals surface area contributed by atoms with Crippen LogP contribution in [0.3, 0.4) is 0 Å². The lowest BCUT2D eigenvalue weighted by atomic mass is 10.0. The van der Waals surface area contributed by atoms with Gasteiger partial charge < -0.3 is 9.47 Å². The van der Waals surface area contributed by atoms with Crippen molar-refractivity contribution in [3.8, 4) is 5.75 Å².